The van der Waals surface area contributed by atoms with Crippen molar-refractivity contribution in [3.05, 3.63) is 35.9 Å². The van der Waals surface area contributed by atoms with E-state index in [1.165, 1.54) is 5.56 Å². The van der Waals surface area contributed by atoms with Crippen molar-refractivity contribution in [2.75, 3.05) is 26.2 Å². The van der Waals surface area contributed by atoms with E-state index in [0.717, 1.165) is 45.0 Å². The van der Waals surface area contributed by atoms with E-state index in [2.05, 4.69) is 61.7 Å². The fourth-order valence-corrected chi connectivity index (χ4v) is 3.45. The highest BCUT2D eigenvalue weighted by molar-refractivity contribution is 5.81. The second-order valence-corrected chi connectivity index (χ2v) is 8.59. The Morgan fingerprint density at radius 3 is 2.63 bits per heavy atom. The summed E-state index contributed by atoms with van der Waals surface area (Å²) >= 11 is 0. The van der Waals surface area contributed by atoms with Crippen LogP contribution >= 0.6 is 0 Å². The normalized spacial score (nSPS) is 18.1. The molecule has 2 N–H and O–H groups in total. The second-order valence-electron chi connectivity index (χ2n) is 8.59. The summed E-state index contributed by atoms with van der Waals surface area (Å²) in [6.45, 7) is 13.7. The van der Waals surface area contributed by atoms with Gasteiger partial charge in [0.15, 0.2) is 5.96 Å². The Morgan fingerprint density at radius 2 is 2.00 bits per heavy atom. The molecule has 5 nitrogen and oxygen atoms in total. The SMILES string of the molecule is CCNC(=NCC(C)(C)Cc1ccccc1)NC1CCN(C(=O)C(C)C)C1. The zero-order valence-electron chi connectivity index (χ0n) is 17.6. The zero-order chi connectivity index (χ0) is 19.9. The molecule has 0 spiro atoms. The fourth-order valence-electron chi connectivity index (χ4n) is 3.45. The number of carbonyl (C=O) groups is 1. The van der Waals surface area contributed by atoms with Gasteiger partial charge in [0, 0.05) is 38.1 Å². The summed E-state index contributed by atoms with van der Waals surface area (Å²) < 4.78 is 0. The molecule has 1 aliphatic heterocycles. The number of amides is 1. The van der Waals surface area contributed by atoms with Crippen molar-refractivity contribution in [3.8, 4) is 0 Å². The van der Waals surface area contributed by atoms with E-state index < -0.39 is 0 Å². The third kappa shape index (κ3) is 6.89. The van der Waals surface area contributed by atoms with Crippen LogP contribution < -0.4 is 10.6 Å². The van der Waals surface area contributed by atoms with Crippen molar-refractivity contribution in [3.63, 3.8) is 0 Å². The van der Waals surface area contributed by atoms with Gasteiger partial charge < -0.3 is 15.5 Å². The quantitative estimate of drug-likeness (QED) is 0.571. The summed E-state index contributed by atoms with van der Waals surface area (Å²) in [4.78, 5) is 19.0. The standard InChI is InChI=1S/C22H36N4O/c1-6-23-21(25-19-12-13-26(15-19)20(27)17(2)3)24-16-22(4,5)14-18-10-8-7-9-11-18/h7-11,17,19H,6,12-16H2,1-5H3,(H2,23,24,25). The van der Waals surface area contributed by atoms with E-state index >= 15 is 0 Å². The van der Waals surface area contributed by atoms with Gasteiger partial charge in [-0.2, -0.15) is 0 Å². The molecule has 1 unspecified atom stereocenters. The van der Waals surface area contributed by atoms with Crippen molar-refractivity contribution in [2.45, 2.75) is 53.5 Å². The van der Waals surface area contributed by atoms with Crippen LogP contribution in [0.15, 0.2) is 35.3 Å². The fraction of sp³-hybridized carbons (Fsp3) is 0.636. The summed E-state index contributed by atoms with van der Waals surface area (Å²) in [5.74, 6) is 1.15. The van der Waals surface area contributed by atoms with Crippen LogP contribution in [-0.4, -0.2) is 49.0 Å². The Hall–Kier alpha value is -2.04. The number of hydrogen-bond donors (Lipinski definition) is 2. The first-order chi connectivity index (χ1) is 12.8. The molecule has 1 aromatic carbocycles. The van der Waals surface area contributed by atoms with E-state index in [9.17, 15) is 4.79 Å². The Balaban J connectivity index is 1.93. The lowest BCUT2D eigenvalue weighted by atomic mass is 9.86. The summed E-state index contributed by atoms with van der Waals surface area (Å²) in [7, 11) is 0. The number of guanidine groups is 1. The lowest BCUT2D eigenvalue weighted by Crippen LogP contribution is -2.45. The molecule has 1 atom stereocenters. The Labute approximate surface area is 164 Å². The van der Waals surface area contributed by atoms with Gasteiger partial charge in [-0.05, 0) is 30.7 Å². The predicted octanol–water partition coefficient (Wildman–Crippen LogP) is 3.07. The average Bonchev–Trinajstić information content (AvgIpc) is 3.08. The number of nitrogens with one attached hydrogen (secondary N) is 2. The topological polar surface area (TPSA) is 56.7 Å². The van der Waals surface area contributed by atoms with Gasteiger partial charge in [0.25, 0.3) is 0 Å². The molecule has 0 radical (unpaired) electrons. The molecule has 1 aromatic rings. The third-order valence-electron chi connectivity index (χ3n) is 4.87. The molecule has 0 aliphatic carbocycles. The maximum Gasteiger partial charge on any atom is 0.225 e. The van der Waals surface area contributed by atoms with Gasteiger partial charge in [-0.1, -0.05) is 58.0 Å². The van der Waals surface area contributed by atoms with Crippen LogP contribution in [0.5, 0.6) is 0 Å². The van der Waals surface area contributed by atoms with Gasteiger partial charge >= 0.3 is 0 Å². The number of benzene rings is 1. The Kier molecular flexibility index (Phi) is 7.69. The minimum Gasteiger partial charge on any atom is -0.357 e. The highest BCUT2D eigenvalue weighted by Gasteiger charge is 2.28. The first kappa shape index (κ1) is 21.3. The minimum atomic E-state index is 0.0597. The Bertz CT molecular complexity index is 624. The molecule has 1 aliphatic rings. The lowest BCUT2D eigenvalue weighted by molar-refractivity contribution is -0.133. The maximum atomic E-state index is 12.2. The van der Waals surface area contributed by atoms with E-state index in [1.54, 1.807) is 0 Å². The summed E-state index contributed by atoms with van der Waals surface area (Å²) in [5.41, 5.74) is 1.42. The molecule has 150 valence electrons. The zero-order valence-corrected chi connectivity index (χ0v) is 17.6. The molecule has 2 rings (SSSR count). The van der Waals surface area contributed by atoms with Gasteiger partial charge in [0.2, 0.25) is 5.91 Å². The van der Waals surface area contributed by atoms with E-state index in [0.29, 0.717) is 0 Å². The summed E-state index contributed by atoms with van der Waals surface area (Å²) in [6, 6.07) is 10.8. The number of rotatable bonds is 7. The van der Waals surface area contributed by atoms with E-state index in [4.69, 9.17) is 4.99 Å². The van der Waals surface area contributed by atoms with Crippen LogP contribution in [0.25, 0.3) is 0 Å². The van der Waals surface area contributed by atoms with Gasteiger partial charge in [0.1, 0.15) is 0 Å². The third-order valence-corrected chi connectivity index (χ3v) is 4.87. The van der Waals surface area contributed by atoms with E-state index in [-0.39, 0.29) is 23.3 Å². The molecule has 1 heterocycles. The summed E-state index contributed by atoms with van der Waals surface area (Å²) in [6.07, 6.45) is 1.97. The molecule has 1 fully saturated rings. The Morgan fingerprint density at radius 1 is 1.30 bits per heavy atom. The molecular weight excluding hydrogens is 336 g/mol. The van der Waals surface area contributed by atoms with Gasteiger partial charge in [-0.25, -0.2) is 0 Å². The molecule has 0 aromatic heterocycles. The van der Waals surface area contributed by atoms with Crippen molar-refractivity contribution < 1.29 is 4.79 Å². The number of aliphatic imine (C=N–C) groups is 1. The van der Waals surface area contributed by atoms with Crippen molar-refractivity contribution >= 4 is 11.9 Å². The van der Waals surface area contributed by atoms with Crippen molar-refractivity contribution in [2.24, 2.45) is 16.3 Å². The molecule has 5 heteroatoms. The maximum absolute atomic E-state index is 12.2. The predicted molar refractivity (Wildman–Crippen MR) is 113 cm³/mol. The molecule has 1 amide bonds. The molecule has 0 saturated carbocycles. The monoisotopic (exact) mass is 372 g/mol. The van der Waals surface area contributed by atoms with Crippen molar-refractivity contribution in [1.82, 2.24) is 15.5 Å². The van der Waals surface area contributed by atoms with Gasteiger partial charge in [-0.15, -0.1) is 0 Å². The van der Waals surface area contributed by atoms with Crippen LogP contribution in [0.4, 0.5) is 0 Å². The van der Waals surface area contributed by atoms with Gasteiger partial charge in [-0.3, -0.25) is 9.79 Å². The average molecular weight is 373 g/mol. The van der Waals surface area contributed by atoms with Crippen LogP contribution in [0.2, 0.25) is 0 Å². The molecule has 0 bridgehead atoms. The first-order valence-corrected chi connectivity index (χ1v) is 10.2. The van der Waals surface area contributed by atoms with Crippen LogP contribution in [0, 0.1) is 11.3 Å². The molecule has 27 heavy (non-hydrogen) atoms. The van der Waals surface area contributed by atoms with Crippen LogP contribution in [-0.2, 0) is 11.2 Å². The van der Waals surface area contributed by atoms with Crippen LogP contribution in [0.3, 0.4) is 0 Å². The first-order valence-electron chi connectivity index (χ1n) is 10.2. The molecular formula is C22H36N4O. The number of hydrogen-bond acceptors (Lipinski definition) is 2. The highest BCUT2D eigenvalue weighted by atomic mass is 16.2. The minimum absolute atomic E-state index is 0.0597. The van der Waals surface area contributed by atoms with E-state index in [1.807, 2.05) is 18.7 Å². The van der Waals surface area contributed by atoms with Crippen LogP contribution in [0.1, 0.15) is 46.6 Å². The second kappa shape index (κ2) is 9.77. The van der Waals surface area contributed by atoms with Gasteiger partial charge in [0.05, 0.1) is 0 Å². The largest absolute Gasteiger partial charge is 0.357 e. The van der Waals surface area contributed by atoms with Crippen molar-refractivity contribution in [1.29, 1.82) is 0 Å². The highest BCUT2D eigenvalue weighted by Crippen LogP contribution is 2.22. The lowest BCUT2D eigenvalue weighted by Gasteiger charge is -2.24. The number of nitrogens with zero attached hydrogens (tertiary/aromatic N) is 2. The smallest absolute Gasteiger partial charge is 0.225 e. The number of likely N-dealkylation sites (tertiary alicyclic amines) is 1. The molecule has 1 saturated heterocycles. The number of carbonyl (C=O) groups excluding carboxylic acids is 1. The summed E-state index contributed by atoms with van der Waals surface area (Å²) in [5, 5.41) is 6.87.